The van der Waals surface area contributed by atoms with Crippen molar-refractivity contribution >= 4 is 5.91 Å². The molecule has 5 nitrogen and oxygen atoms in total. The molecule has 1 heterocycles. The van der Waals surface area contributed by atoms with Crippen LogP contribution < -0.4 is 10.1 Å². The van der Waals surface area contributed by atoms with Crippen LogP contribution in [0.25, 0.3) is 0 Å². The number of hydrogen-bond donors (Lipinski definition) is 1. The average Bonchev–Trinajstić information content (AvgIpc) is 3.05. The van der Waals surface area contributed by atoms with E-state index in [0.29, 0.717) is 25.3 Å². The van der Waals surface area contributed by atoms with E-state index < -0.39 is 0 Å². The first-order valence-corrected chi connectivity index (χ1v) is 8.37. The zero-order valence-electron chi connectivity index (χ0n) is 14.3. The van der Waals surface area contributed by atoms with Crippen LogP contribution in [-0.4, -0.2) is 37.9 Å². The minimum absolute atomic E-state index is 0.0886. The van der Waals surface area contributed by atoms with Crippen LogP contribution in [0.1, 0.15) is 49.5 Å². The van der Waals surface area contributed by atoms with Gasteiger partial charge in [0.15, 0.2) is 0 Å². The number of nitrogens with one attached hydrogen (secondary N) is 1. The minimum atomic E-state index is -0.0886. The first-order valence-electron chi connectivity index (χ1n) is 8.37. The van der Waals surface area contributed by atoms with Gasteiger partial charge in [0, 0.05) is 24.3 Å². The molecule has 0 spiro atoms. The monoisotopic (exact) mass is 321 g/mol. The van der Waals surface area contributed by atoms with Gasteiger partial charge in [-0.05, 0) is 51.8 Å². The van der Waals surface area contributed by atoms with E-state index in [9.17, 15) is 4.79 Å². The normalized spacial score (nSPS) is 17.5. The third-order valence-corrected chi connectivity index (χ3v) is 3.71. The number of benzene rings is 1. The van der Waals surface area contributed by atoms with Crippen LogP contribution >= 0.6 is 0 Å². The van der Waals surface area contributed by atoms with E-state index in [4.69, 9.17) is 14.2 Å². The summed E-state index contributed by atoms with van der Waals surface area (Å²) in [5.41, 5.74) is 1.51. The first kappa shape index (κ1) is 17.8. The van der Waals surface area contributed by atoms with E-state index in [1.54, 1.807) is 6.07 Å². The Kier molecular flexibility index (Phi) is 6.86. The molecule has 0 aliphatic carbocycles. The molecule has 1 aliphatic rings. The van der Waals surface area contributed by atoms with E-state index in [1.165, 1.54) is 0 Å². The van der Waals surface area contributed by atoms with Gasteiger partial charge in [-0.1, -0.05) is 0 Å². The molecule has 1 saturated heterocycles. The molecule has 128 valence electrons. The largest absolute Gasteiger partial charge is 0.494 e. The molecular weight excluding hydrogens is 294 g/mol. The molecule has 0 aromatic heterocycles. The molecule has 1 N–H and O–H groups in total. The summed E-state index contributed by atoms with van der Waals surface area (Å²) in [6.45, 7) is 8.27. The van der Waals surface area contributed by atoms with E-state index in [1.807, 2.05) is 32.9 Å². The summed E-state index contributed by atoms with van der Waals surface area (Å²) in [6, 6.07) is 5.47. The van der Waals surface area contributed by atoms with E-state index in [2.05, 4.69) is 5.32 Å². The van der Waals surface area contributed by atoms with Crippen molar-refractivity contribution in [2.45, 2.75) is 52.4 Å². The minimum Gasteiger partial charge on any atom is -0.494 e. The van der Waals surface area contributed by atoms with Gasteiger partial charge in [0.25, 0.3) is 5.91 Å². The van der Waals surface area contributed by atoms with Crippen LogP contribution in [0.2, 0.25) is 0 Å². The lowest BCUT2D eigenvalue weighted by molar-refractivity contribution is 0.0641. The molecule has 2 rings (SSSR count). The Labute approximate surface area is 138 Å². The van der Waals surface area contributed by atoms with Crippen molar-refractivity contribution in [1.82, 2.24) is 5.32 Å². The highest BCUT2D eigenvalue weighted by Crippen LogP contribution is 2.22. The van der Waals surface area contributed by atoms with Crippen LogP contribution in [0, 0.1) is 0 Å². The van der Waals surface area contributed by atoms with Gasteiger partial charge in [-0.3, -0.25) is 4.79 Å². The van der Waals surface area contributed by atoms with Crippen LogP contribution in [0.5, 0.6) is 5.75 Å². The van der Waals surface area contributed by atoms with Crippen LogP contribution in [0.15, 0.2) is 18.2 Å². The molecule has 0 unspecified atom stereocenters. The van der Waals surface area contributed by atoms with Crippen LogP contribution in [0.3, 0.4) is 0 Å². The fourth-order valence-corrected chi connectivity index (χ4v) is 2.50. The van der Waals surface area contributed by atoms with Gasteiger partial charge in [0.1, 0.15) is 5.75 Å². The highest BCUT2D eigenvalue weighted by Gasteiger charge is 2.17. The fourth-order valence-electron chi connectivity index (χ4n) is 2.50. The first-order chi connectivity index (χ1) is 11.1. The molecule has 1 aromatic carbocycles. The van der Waals surface area contributed by atoms with Gasteiger partial charge in [-0.25, -0.2) is 0 Å². The van der Waals surface area contributed by atoms with Crippen LogP contribution in [-0.2, 0) is 16.1 Å². The van der Waals surface area contributed by atoms with E-state index in [0.717, 1.165) is 30.8 Å². The van der Waals surface area contributed by atoms with Gasteiger partial charge >= 0.3 is 0 Å². The van der Waals surface area contributed by atoms with Crippen molar-refractivity contribution in [2.75, 3.05) is 19.8 Å². The summed E-state index contributed by atoms with van der Waals surface area (Å²) in [5.74, 6) is 0.679. The molecule has 5 heteroatoms. The predicted molar refractivity (Wildman–Crippen MR) is 88.8 cm³/mol. The molecule has 1 aromatic rings. The maximum absolute atomic E-state index is 12.3. The number of ether oxygens (including phenoxy) is 3. The number of amides is 1. The van der Waals surface area contributed by atoms with Gasteiger partial charge in [-0.15, -0.1) is 0 Å². The fraction of sp³-hybridized carbons (Fsp3) is 0.611. The molecular formula is C18H27NO4. The highest BCUT2D eigenvalue weighted by atomic mass is 16.5. The number of rotatable bonds is 8. The van der Waals surface area contributed by atoms with Gasteiger partial charge in [0.2, 0.25) is 0 Å². The second-order valence-corrected chi connectivity index (χ2v) is 5.96. The highest BCUT2D eigenvalue weighted by molar-refractivity contribution is 5.94. The SMILES string of the molecule is CCOc1ccc(C(=O)NC[C@@H]2CCCO2)cc1COC(C)C. The third kappa shape index (κ3) is 5.52. The lowest BCUT2D eigenvalue weighted by atomic mass is 10.1. The second-order valence-electron chi connectivity index (χ2n) is 5.96. The molecule has 23 heavy (non-hydrogen) atoms. The maximum atomic E-state index is 12.3. The number of carbonyl (C=O) groups excluding carboxylic acids is 1. The molecule has 1 aliphatic heterocycles. The van der Waals surface area contributed by atoms with Gasteiger partial charge in [0.05, 0.1) is 25.4 Å². The summed E-state index contributed by atoms with van der Waals surface area (Å²) in [6.07, 6.45) is 2.35. The van der Waals surface area contributed by atoms with Crippen molar-refractivity contribution in [1.29, 1.82) is 0 Å². The Morgan fingerprint density at radius 2 is 2.26 bits per heavy atom. The van der Waals surface area contributed by atoms with Crippen molar-refractivity contribution in [3.63, 3.8) is 0 Å². The lowest BCUT2D eigenvalue weighted by Gasteiger charge is -2.15. The smallest absolute Gasteiger partial charge is 0.251 e. The van der Waals surface area contributed by atoms with Crippen molar-refractivity contribution in [3.05, 3.63) is 29.3 Å². The van der Waals surface area contributed by atoms with Crippen molar-refractivity contribution in [3.8, 4) is 5.75 Å². The number of carbonyl (C=O) groups is 1. The van der Waals surface area contributed by atoms with Gasteiger partial charge in [-0.2, -0.15) is 0 Å². The molecule has 1 fully saturated rings. The summed E-state index contributed by atoms with van der Waals surface area (Å²) < 4.78 is 16.8. The van der Waals surface area contributed by atoms with E-state index >= 15 is 0 Å². The topological polar surface area (TPSA) is 56.8 Å². The molecule has 0 radical (unpaired) electrons. The summed E-state index contributed by atoms with van der Waals surface area (Å²) >= 11 is 0. The maximum Gasteiger partial charge on any atom is 0.251 e. The zero-order chi connectivity index (χ0) is 16.7. The summed E-state index contributed by atoms with van der Waals surface area (Å²) in [7, 11) is 0. The Morgan fingerprint density at radius 1 is 1.43 bits per heavy atom. The summed E-state index contributed by atoms with van der Waals surface area (Å²) in [4.78, 5) is 12.3. The standard InChI is InChI=1S/C18H27NO4/c1-4-21-17-8-7-14(10-15(17)12-23-13(2)3)18(20)19-11-16-6-5-9-22-16/h7-8,10,13,16H,4-6,9,11-12H2,1-3H3,(H,19,20)/t16-/m0/s1. The number of hydrogen-bond acceptors (Lipinski definition) is 4. The molecule has 0 bridgehead atoms. The Balaban J connectivity index is 2.01. The zero-order valence-corrected chi connectivity index (χ0v) is 14.3. The van der Waals surface area contributed by atoms with Crippen molar-refractivity contribution < 1.29 is 19.0 Å². The van der Waals surface area contributed by atoms with Crippen LogP contribution in [0.4, 0.5) is 0 Å². The molecule has 0 saturated carbocycles. The Hall–Kier alpha value is -1.59. The predicted octanol–water partition coefficient (Wildman–Crippen LogP) is 2.92. The molecule has 1 amide bonds. The Morgan fingerprint density at radius 3 is 2.91 bits per heavy atom. The van der Waals surface area contributed by atoms with Gasteiger partial charge < -0.3 is 19.5 Å². The third-order valence-electron chi connectivity index (χ3n) is 3.71. The second kappa shape index (κ2) is 8.89. The quantitative estimate of drug-likeness (QED) is 0.800. The van der Waals surface area contributed by atoms with Crippen molar-refractivity contribution in [2.24, 2.45) is 0 Å². The van der Waals surface area contributed by atoms with E-state index in [-0.39, 0.29) is 18.1 Å². The summed E-state index contributed by atoms with van der Waals surface area (Å²) in [5, 5.41) is 2.94. The molecule has 1 atom stereocenters. The lowest BCUT2D eigenvalue weighted by Crippen LogP contribution is -2.31. The Bertz CT molecular complexity index is 510. The average molecular weight is 321 g/mol.